The molecule has 2 aromatic heterocycles. The lowest BCUT2D eigenvalue weighted by Crippen LogP contribution is -1.89. The van der Waals surface area contributed by atoms with Crippen molar-refractivity contribution in [3.8, 4) is 34.3 Å². The molecular formula is C15H13N3O3. The lowest BCUT2D eigenvalue weighted by atomic mass is 10.2. The number of pyridine rings is 1. The van der Waals surface area contributed by atoms with Gasteiger partial charge in [-0.1, -0.05) is 5.16 Å². The Morgan fingerprint density at radius 2 is 1.67 bits per heavy atom. The minimum atomic E-state index is -0.118. The van der Waals surface area contributed by atoms with Crippen molar-refractivity contribution in [2.75, 3.05) is 0 Å². The van der Waals surface area contributed by atoms with Gasteiger partial charge in [0.15, 0.2) is 0 Å². The highest BCUT2D eigenvalue weighted by atomic mass is 16.5. The van der Waals surface area contributed by atoms with Crippen LogP contribution in [0, 0.1) is 13.8 Å². The maximum Gasteiger partial charge on any atom is 0.262 e. The van der Waals surface area contributed by atoms with Crippen LogP contribution in [0.25, 0.3) is 22.8 Å². The molecule has 21 heavy (non-hydrogen) atoms. The SMILES string of the molecule is Cc1cc(-c2noc(-c3ccc(O)cc3O)n2)cc(C)n1. The first-order valence-electron chi connectivity index (χ1n) is 6.34. The van der Waals surface area contributed by atoms with Crippen molar-refractivity contribution in [1.82, 2.24) is 15.1 Å². The number of phenolic OH excluding ortho intramolecular Hbond substituents is 2. The van der Waals surface area contributed by atoms with Gasteiger partial charge in [-0.15, -0.1) is 0 Å². The summed E-state index contributed by atoms with van der Waals surface area (Å²) in [6.45, 7) is 3.78. The average Bonchev–Trinajstić information content (AvgIpc) is 2.87. The average molecular weight is 283 g/mol. The molecule has 106 valence electrons. The molecule has 0 amide bonds. The minimum absolute atomic E-state index is 0.0311. The summed E-state index contributed by atoms with van der Waals surface area (Å²) >= 11 is 0. The summed E-state index contributed by atoms with van der Waals surface area (Å²) in [5, 5.41) is 23.0. The minimum Gasteiger partial charge on any atom is -0.508 e. The number of rotatable bonds is 2. The first kappa shape index (κ1) is 13.1. The van der Waals surface area contributed by atoms with Crippen molar-refractivity contribution in [1.29, 1.82) is 0 Å². The van der Waals surface area contributed by atoms with E-state index in [9.17, 15) is 10.2 Å². The van der Waals surface area contributed by atoms with Crippen LogP contribution in [-0.4, -0.2) is 25.3 Å². The van der Waals surface area contributed by atoms with Crippen molar-refractivity contribution in [2.24, 2.45) is 0 Å². The van der Waals surface area contributed by atoms with Crippen LogP contribution in [0.1, 0.15) is 11.4 Å². The van der Waals surface area contributed by atoms with Crippen molar-refractivity contribution >= 4 is 0 Å². The molecule has 0 aliphatic rings. The summed E-state index contributed by atoms with van der Waals surface area (Å²) < 4.78 is 5.18. The topological polar surface area (TPSA) is 92.3 Å². The molecule has 0 saturated heterocycles. The van der Waals surface area contributed by atoms with Gasteiger partial charge in [0.2, 0.25) is 5.82 Å². The van der Waals surface area contributed by atoms with Gasteiger partial charge in [-0.05, 0) is 38.1 Å². The number of aromatic hydroxyl groups is 2. The van der Waals surface area contributed by atoms with E-state index in [1.807, 2.05) is 26.0 Å². The summed E-state index contributed by atoms with van der Waals surface area (Å²) in [6, 6.07) is 7.90. The van der Waals surface area contributed by atoms with E-state index < -0.39 is 0 Å². The summed E-state index contributed by atoms with van der Waals surface area (Å²) in [5.41, 5.74) is 2.90. The maximum atomic E-state index is 9.82. The third kappa shape index (κ3) is 2.55. The summed E-state index contributed by atoms with van der Waals surface area (Å²) in [7, 11) is 0. The van der Waals surface area contributed by atoms with Gasteiger partial charge in [0.05, 0.1) is 5.56 Å². The van der Waals surface area contributed by atoms with E-state index in [0.29, 0.717) is 11.4 Å². The lowest BCUT2D eigenvalue weighted by molar-refractivity contribution is 0.423. The second-order valence-corrected chi connectivity index (χ2v) is 4.76. The van der Waals surface area contributed by atoms with Crippen LogP contribution in [0.3, 0.4) is 0 Å². The van der Waals surface area contributed by atoms with E-state index in [1.54, 1.807) is 0 Å². The Balaban J connectivity index is 2.03. The molecule has 0 radical (unpaired) electrons. The number of aromatic nitrogens is 3. The normalized spacial score (nSPS) is 10.8. The monoisotopic (exact) mass is 283 g/mol. The van der Waals surface area contributed by atoms with Gasteiger partial charge < -0.3 is 14.7 Å². The van der Waals surface area contributed by atoms with E-state index in [-0.39, 0.29) is 17.4 Å². The Hall–Kier alpha value is -2.89. The smallest absolute Gasteiger partial charge is 0.262 e. The Bertz CT molecular complexity index is 791. The molecule has 6 heteroatoms. The molecule has 1 aromatic carbocycles. The molecule has 0 atom stereocenters. The van der Waals surface area contributed by atoms with Crippen molar-refractivity contribution in [3.63, 3.8) is 0 Å². The van der Waals surface area contributed by atoms with Crippen molar-refractivity contribution < 1.29 is 14.7 Å². The largest absolute Gasteiger partial charge is 0.508 e. The van der Waals surface area contributed by atoms with E-state index >= 15 is 0 Å². The standard InChI is InChI=1S/C15H13N3O3/c1-8-5-10(6-9(2)16-8)14-17-15(21-18-14)12-4-3-11(19)7-13(12)20/h3-7,19-20H,1-2H3. The van der Waals surface area contributed by atoms with Crippen LogP contribution < -0.4 is 0 Å². The highest BCUT2D eigenvalue weighted by Gasteiger charge is 2.15. The molecule has 0 aliphatic heterocycles. The van der Waals surface area contributed by atoms with Crippen molar-refractivity contribution in [3.05, 3.63) is 41.7 Å². The molecule has 0 saturated carbocycles. The number of hydrogen-bond donors (Lipinski definition) is 2. The fourth-order valence-corrected chi connectivity index (χ4v) is 2.11. The zero-order valence-corrected chi connectivity index (χ0v) is 11.5. The predicted octanol–water partition coefficient (Wildman–Crippen LogP) is 2.83. The van der Waals surface area contributed by atoms with Gasteiger partial charge in [0.1, 0.15) is 11.5 Å². The molecule has 3 rings (SSSR count). The lowest BCUT2D eigenvalue weighted by Gasteiger charge is -2.00. The summed E-state index contributed by atoms with van der Waals surface area (Å²) in [4.78, 5) is 8.57. The fraction of sp³-hybridized carbons (Fsp3) is 0.133. The van der Waals surface area contributed by atoms with Crippen molar-refractivity contribution in [2.45, 2.75) is 13.8 Å². The molecule has 6 nitrogen and oxygen atoms in total. The zero-order chi connectivity index (χ0) is 15.0. The van der Waals surface area contributed by atoms with E-state index in [2.05, 4.69) is 15.1 Å². The highest BCUT2D eigenvalue weighted by molar-refractivity contribution is 5.66. The molecule has 2 heterocycles. The second-order valence-electron chi connectivity index (χ2n) is 4.76. The summed E-state index contributed by atoms with van der Waals surface area (Å²) in [5.74, 6) is 0.462. The number of benzene rings is 1. The van der Waals surface area contributed by atoms with E-state index in [0.717, 1.165) is 17.0 Å². The molecule has 0 bridgehead atoms. The number of hydrogen-bond acceptors (Lipinski definition) is 6. The summed E-state index contributed by atoms with van der Waals surface area (Å²) in [6.07, 6.45) is 0. The van der Waals surface area contributed by atoms with E-state index in [4.69, 9.17) is 4.52 Å². The molecule has 0 fully saturated rings. The van der Waals surface area contributed by atoms with Gasteiger partial charge in [0.25, 0.3) is 5.89 Å². The predicted molar refractivity (Wildman–Crippen MR) is 75.8 cm³/mol. The Morgan fingerprint density at radius 3 is 2.33 bits per heavy atom. The van der Waals surface area contributed by atoms with Crippen LogP contribution in [0.4, 0.5) is 0 Å². The fourth-order valence-electron chi connectivity index (χ4n) is 2.11. The number of aryl methyl sites for hydroxylation is 2. The maximum absolute atomic E-state index is 9.82. The molecule has 0 spiro atoms. The van der Waals surface area contributed by atoms with Gasteiger partial charge in [-0.3, -0.25) is 4.98 Å². The first-order chi connectivity index (χ1) is 10.0. The van der Waals surface area contributed by atoms with Crippen LogP contribution in [-0.2, 0) is 0 Å². The van der Waals surface area contributed by atoms with E-state index in [1.165, 1.54) is 18.2 Å². The third-order valence-electron chi connectivity index (χ3n) is 2.98. The van der Waals surface area contributed by atoms with Gasteiger partial charge in [-0.2, -0.15) is 4.98 Å². The molecular weight excluding hydrogens is 270 g/mol. The molecule has 2 N–H and O–H groups in total. The van der Waals surface area contributed by atoms with Gasteiger partial charge >= 0.3 is 0 Å². The number of phenols is 2. The molecule has 0 aliphatic carbocycles. The number of nitrogens with zero attached hydrogens (tertiary/aromatic N) is 3. The van der Waals surface area contributed by atoms with Crippen LogP contribution in [0.2, 0.25) is 0 Å². The molecule has 0 unspecified atom stereocenters. The zero-order valence-electron chi connectivity index (χ0n) is 11.5. The Morgan fingerprint density at radius 1 is 0.952 bits per heavy atom. The molecule has 3 aromatic rings. The Kier molecular flexibility index (Phi) is 3.06. The third-order valence-corrected chi connectivity index (χ3v) is 2.98. The van der Waals surface area contributed by atoms with Gasteiger partial charge in [-0.25, -0.2) is 0 Å². The quantitative estimate of drug-likeness (QED) is 0.751. The second kappa shape index (κ2) is 4.90. The Labute approximate surface area is 120 Å². The van der Waals surface area contributed by atoms with Crippen LogP contribution in [0.5, 0.6) is 11.5 Å². The van der Waals surface area contributed by atoms with Crippen LogP contribution >= 0.6 is 0 Å². The van der Waals surface area contributed by atoms with Crippen LogP contribution in [0.15, 0.2) is 34.9 Å². The van der Waals surface area contributed by atoms with Gasteiger partial charge in [0, 0.05) is 23.0 Å². The highest BCUT2D eigenvalue weighted by Crippen LogP contribution is 2.32. The first-order valence-corrected chi connectivity index (χ1v) is 6.34.